The second-order valence-corrected chi connectivity index (χ2v) is 6.34. The molecule has 0 saturated heterocycles. The molecule has 3 heteroatoms. The molecule has 0 saturated carbocycles. The van der Waals surface area contributed by atoms with Crippen molar-refractivity contribution >= 4 is 5.91 Å². The number of hydrogen-bond acceptors (Lipinski definition) is 2. The first-order valence-electron chi connectivity index (χ1n) is 7.37. The smallest absolute Gasteiger partial charge is 0.220 e. The van der Waals surface area contributed by atoms with Crippen LogP contribution in [0, 0.1) is 5.41 Å². The van der Waals surface area contributed by atoms with Crippen LogP contribution in [-0.2, 0) is 11.2 Å². The number of hydrogen-bond donors (Lipinski definition) is 2. The fraction of sp³-hybridized carbons (Fsp3) is 0.588. The Morgan fingerprint density at radius 3 is 2.45 bits per heavy atom. The van der Waals surface area contributed by atoms with E-state index in [4.69, 9.17) is 5.11 Å². The predicted molar refractivity (Wildman–Crippen MR) is 82.5 cm³/mol. The minimum Gasteiger partial charge on any atom is -0.396 e. The average Bonchev–Trinajstić information content (AvgIpc) is 2.38. The van der Waals surface area contributed by atoms with Gasteiger partial charge in [-0.2, -0.15) is 0 Å². The highest BCUT2D eigenvalue weighted by Gasteiger charge is 2.25. The van der Waals surface area contributed by atoms with Crippen molar-refractivity contribution in [2.45, 2.75) is 52.5 Å². The van der Waals surface area contributed by atoms with Crippen molar-refractivity contribution in [2.75, 3.05) is 6.61 Å². The van der Waals surface area contributed by atoms with Crippen molar-refractivity contribution in [1.29, 1.82) is 0 Å². The molecule has 1 aromatic rings. The van der Waals surface area contributed by atoms with Gasteiger partial charge in [0.05, 0.1) is 0 Å². The molecule has 0 fully saturated rings. The fourth-order valence-corrected chi connectivity index (χ4v) is 2.22. The van der Waals surface area contributed by atoms with Gasteiger partial charge >= 0.3 is 0 Å². The van der Waals surface area contributed by atoms with E-state index in [1.165, 1.54) is 5.56 Å². The molecule has 1 rings (SSSR count). The fourth-order valence-electron chi connectivity index (χ4n) is 2.22. The van der Waals surface area contributed by atoms with E-state index in [-0.39, 0.29) is 24.0 Å². The van der Waals surface area contributed by atoms with Crippen molar-refractivity contribution < 1.29 is 9.90 Å². The van der Waals surface area contributed by atoms with E-state index in [0.717, 1.165) is 12.8 Å². The minimum atomic E-state index is -0.0299. The third-order valence-corrected chi connectivity index (χ3v) is 3.51. The number of carbonyl (C=O) groups excluding carboxylic acids is 1. The van der Waals surface area contributed by atoms with E-state index in [1.54, 1.807) is 0 Å². The van der Waals surface area contributed by atoms with Gasteiger partial charge in [0, 0.05) is 19.1 Å². The summed E-state index contributed by atoms with van der Waals surface area (Å²) in [5, 5.41) is 12.1. The highest BCUT2D eigenvalue weighted by atomic mass is 16.3. The molecular weight excluding hydrogens is 250 g/mol. The summed E-state index contributed by atoms with van der Waals surface area (Å²) in [7, 11) is 0. The van der Waals surface area contributed by atoms with Crippen LogP contribution in [0.1, 0.15) is 45.6 Å². The molecule has 0 bridgehead atoms. The van der Waals surface area contributed by atoms with E-state index >= 15 is 0 Å². The molecule has 20 heavy (non-hydrogen) atoms. The van der Waals surface area contributed by atoms with Crippen molar-refractivity contribution in [1.82, 2.24) is 5.32 Å². The van der Waals surface area contributed by atoms with Crippen LogP contribution in [-0.4, -0.2) is 23.7 Å². The average molecular weight is 277 g/mol. The lowest BCUT2D eigenvalue weighted by molar-refractivity contribution is -0.122. The SMILES string of the molecule is CC(C)(C)C(CCO)NC(=O)CCCc1ccccc1. The third-order valence-electron chi connectivity index (χ3n) is 3.51. The summed E-state index contributed by atoms with van der Waals surface area (Å²) in [6.07, 6.45) is 2.92. The number of amides is 1. The monoisotopic (exact) mass is 277 g/mol. The highest BCUT2D eigenvalue weighted by molar-refractivity contribution is 5.76. The largest absolute Gasteiger partial charge is 0.396 e. The number of aryl methyl sites for hydroxylation is 1. The second-order valence-electron chi connectivity index (χ2n) is 6.34. The summed E-state index contributed by atoms with van der Waals surface area (Å²) in [5.41, 5.74) is 1.24. The number of aliphatic hydroxyl groups is 1. The summed E-state index contributed by atoms with van der Waals surface area (Å²) in [6.45, 7) is 6.35. The quantitative estimate of drug-likeness (QED) is 0.805. The molecule has 0 aliphatic rings. The van der Waals surface area contributed by atoms with E-state index in [2.05, 4.69) is 38.2 Å². The van der Waals surface area contributed by atoms with Crippen LogP contribution < -0.4 is 5.32 Å². The Morgan fingerprint density at radius 1 is 1.25 bits per heavy atom. The Labute approximate surface area is 122 Å². The van der Waals surface area contributed by atoms with E-state index in [1.807, 2.05) is 18.2 Å². The zero-order chi connectivity index (χ0) is 15.0. The van der Waals surface area contributed by atoms with Gasteiger partial charge in [-0.1, -0.05) is 51.1 Å². The maximum absolute atomic E-state index is 12.0. The molecule has 3 nitrogen and oxygen atoms in total. The standard InChI is InChI=1S/C17H27NO2/c1-17(2,3)15(12-13-19)18-16(20)11-7-10-14-8-5-4-6-9-14/h4-6,8-9,15,19H,7,10-13H2,1-3H3,(H,18,20). The number of carbonyl (C=O) groups is 1. The molecule has 0 aromatic heterocycles. The van der Waals surface area contributed by atoms with Gasteiger partial charge in [0.15, 0.2) is 0 Å². The molecule has 0 spiro atoms. The number of nitrogens with one attached hydrogen (secondary N) is 1. The lowest BCUT2D eigenvalue weighted by Gasteiger charge is -2.31. The highest BCUT2D eigenvalue weighted by Crippen LogP contribution is 2.21. The maximum atomic E-state index is 12.0. The predicted octanol–water partition coefficient (Wildman–Crippen LogP) is 2.92. The molecular formula is C17H27NO2. The minimum absolute atomic E-state index is 0.0247. The zero-order valence-electron chi connectivity index (χ0n) is 12.9. The van der Waals surface area contributed by atoms with Gasteiger partial charge in [-0.25, -0.2) is 0 Å². The van der Waals surface area contributed by atoms with Crippen LogP contribution in [0.4, 0.5) is 0 Å². The van der Waals surface area contributed by atoms with Gasteiger partial charge in [-0.05, 0) is 30.2 Å². The van der Waals surface area contributed by atoms with Gasteiger partial charge in [-0.15, -0.1) is 0 Å². The zero-order valence-corrected chi connectivity index (χ0v) is 12.9. The molecule has 2 N–H and O–H groups in total. The normalized spacial score (nSPS) is 13.0. The van der Waals surface area contributed by atoms with Crippen molar-refractivity contribution in [3.8, 4) is 0 Å². The van der Waals surface area contributed by atoms with Crippen molar-refractivity contribution in [3.63, 3.8) is 0 Å². The second kappa shape index (κ2) is 8.05. The Hall–Kier alpha value is -1.35. The van der Waals surface area contributed by atoms with Gasteiger partial charge in [0.25, 0.3) is 0 Å². The molecule has 1 atom stereocenters. The molecule has 1 unspecified atom stereocenters. The lowest BCUT2D eigenvalue weighted by atomic mass is 9.85. The lowest BCUT2D eigenvalue weighted by Crippen LogP contribution is -2.44. The molecule has 0 heterocycles. The summed E-state index contributed by atoms with van der Waals surface area (Å²) >= 11 is 0. The van der Waals surface area contributed by atoms with Crippen LogP contribution in [0.25, 0.3) is 0 Å². The van der Waals surface area contributed by atoms with E-state index < -0.39 is 0 Å². The van der Waals surface area contributed by atoms with E-state index in [0.29, 0.717) is 12.8 Å². The van der Waals surface area contributed by atoms with Gasteiger partial charge in [0.2, 0.25) is 5.91 Å². The van der Waals surface area contributed by atoms with Crippen molar-refractivity contribution in [3.05, 3.63) is 35.9 Å². The summed E-state index contributed by atoms with van der Waals surface area (Å²) in [6, 6.07) is 10.2. The number of aliphatic hydroxyl groups excluding tert-OH is 1. The number of benzene rings is 1. The first-order valence-corrected chi connectivity index (χ1v) is 7.37. The maximum Gasteiger partial charge on any atom is 0.220 e. The Bertz CT molecular complexity index is 395. The molecule has 0 radical (unpaired) electrons. The summed E-state index contributed by atoms with van der Waals surface area (Å²) in [4.78, 5) is 12.0. The molecule has 0 aliphatic carbocycles. The first kappa shape index (κ1) is 16.7. The third kappa shape index (κ3) is 6.20. The van der Waals surface area contributed by atoms with Crippen LogP contribution >= 0.6 is 0 Å². The molecule has 1 amide bonds. The van der Waals surface area contributed by atoms with Crippen LogP contribution in [0.5, 0.6) is 0 Å². The van der Waals surface area contributed by atoms with Crippen molar-refractivity contribution in [2.24, 2.45) is 5.41 Å². The molecule has 0 aliphatic heterocycles. The van der Waals surface area contributed by atoms with Gasteiger partial charge in [-0.3, -0.25) is 4.79 Å². The van der Waals surface area contributed by atoms with Gasteiger partial charge in [0.1, 0.15) is 0 Å². The number of rotatable bonds is 7. The van der Waals surface area contributed by atoms with Crippen LogP contribution in [0.3, 0.4) is 0 Å². The first-order chi connectivity index (χ1) is 9.43. The Balaban J connectivity index is 2.35. The van der Waals surface area contributed by atoms with E-state index in [9.17, 15) is 4.79 Å². The molecule has 112 valence electrons. The van der Waals surface area contributed by atoms with Crippen LogP contribution in [0.15, 0.2) is 30.3 Å². The summed E-state index contributed by atoms with van der Waals surface area (Å²) in [5.74, 6) is 0.0781. The topological polar surface area (TPSA) is 49.3 Å². The molecule has 1 aromatic carbocycles. The Kier molecular flexibility index (Phi) is 6.73. The van der Waals surface area contributed by atoms with Gasteiger partial charge < -0.3 is 10.4 Å². The summed E-state index contributed by atoms with van der Waals surface area (Å²) < 4.78 is 0. The Morgan fingerprint density at radius 2 is 1.90 bits per heavy atom. The van der Waals surface area contributed by atoms with Crippen LogP contribution in [0.2, 0.25) is 0 Å².